The van der Waals surface area contributed by atoms with E-state index >= 15 is 0 Å². The summed E-state index contributed by atoms with van der Waals surface area (Å²) < 4.78 is 4.90. The molecule has 3 heterocycles. The number of methoxy groups -OCH3 is 1. The Balaban J connectivity index is 1.83. The zero-order valence-electron chi connectivity index (χ0n) is 9.43. The van der Waals surface area contributed by atoms with Gasteiger partial charge in [-0.1, -0.05) is 0 Å². The van der Waals surface area contributed by atoms with E-state index in [0.717, 1.165) is 19.4 Å². The highest BCUT2D eigenvalue weighted by molar-refractivity contribution is 5.78. The molecule has 0 aromatic heterocycles. The molecule has 3 saturated heterocycles. The van der Waals surface area contributed by atoms with E-state index in [9.17, 15) is 9.90 Å². The summed E-state index contributed by atoms with van der Waals surface area (Å²) in [6.07, 6.45) is 1.68. The maximum atomic E-state index is 11.9. The average molecular weight is 226 g/mol. The molecule has 3 unspecified atom stereocenters. The van der Waals surface area contributed by atoms with Crippen molar-refractivity contribution in [2.75, 3.05) is 20.3 Å². The number of hydrogen-bond donors (Lipinski definition) is 2. The summed E-state index contributed by atoms with van der Waals surface area (Å²) in [5.74, 6) is 0.552. The second kappa shape index (κ2) is 3.68. The molecule has 90 valence electrons. The van der Waals surface area contributed by atoms with Gasteiger partial charge < -0.3 is 20.1 Å². The van der Waals surface area contributed by atoms with Gasteiger partial charge in [0.05, 0.1) is 12.1 Å². The first-order chi connectivity index (χ1) is 7.70. The third kappa shape index (κ3) is 1.38. The summed E-state index contributed by atoms with van der Waals surface area (Å²) in [5.41, 5.74) is 0. The molecular weight excluding hydrogens is 208 g/mol. The van der Waals surface area contributed by atoms with E-state index < -0.39 is 6.10 Å². The molecule has 5 heteroatoms. The molecule has 0 saturated carbocycles. The molecule has 3 fully saturated rings. The van der Waals surface area contributed by atoms with Crippen LogP contribution in [-0.4, -0.2) is 60.4 Å². The van der Waals surface area contributed by atoms with E-state index in [-0.39, 0.29) is 30.6 Å². The molecule has 5 atom stereocenters. The standard InChI is InChI=1S/C11H18N2O3/c1-16-5-9(14)13-4-6-2-7-10(13)11(15)8(3-6)12-7/h6-8,10-12,15H,2-5H2,1H3/t6?,7?,8-,10?,11-/m0/s1. The molecule has 0 aromatic carbocycles. The maximum Gasteiger partial charge on any atom is 0.248 e. The van der Waals surface area contributed by atoms with E-state index in [1.807, 2.05) is 4.90 Å². The van der Waals surface area contributed by atoms with Crippen molar-refractivity contribution >= 4 is 5.91 Å². The highest BCUT2D eigenvalue weighted by atomic mass is 16.5. The van der Waals surface area contributed by atoms with Crippen LogP contribution in [0.2, 0.25) is 0 Å². The van der Waals surface area contributed by atoms with Gasteiger partial charge in [-0.25, -0.2) is 0 Å². The lowest BCUT2D eigenvalue weighted by Crippen LogP contribution is -2.57. The topological polar surface area (TPSA) is 61.8 Å². The number of carbonyl (C=O) groups excluding carboxylic acids is 1. The van der Waals surface area contributed by atoms with Crippen molar-refractivity contribution in [3.05, 3.63) is 0 Å². The van der Waals surface area contributed by atoms with E-state index in [0.29, 0.717) is 5.92 Å². The van der Waals surface area contributed by atoms with Crippen molar-refractivity contribution in [3.8, 4) is 0 Å². The van der Waals surface area contributed by atoms with Gasteiger partial charge in [-0.3, -0.25) is 4.79 Å². The van der Waals surface area contributed by atoms with Gasteiger partial charge in [-0.15, -0.1) is 0 Å². The molecule has 3 aliphatic rings. The number of fused-ring (bicyclic) bond motifs is 2. The fourth-order valence-corrected chi connectivity index (χ4v) is 3.60. The highest BCUT2D eigenvalue weighted by Crippen LogP contribution is 2.39. The van der Waals surface area contributed by atoms with Crippen LogP contribution in [0.15, 0.2) is 0 Å². The third-order valence-corrected chi connectivity index (χ3v) is 4.18. The number of rotatable bonds is 2. The van der Waals surface area contributed by atoms with Crippen LogP contribution in [0, 0.1) is 5.92 Å². The summed E-state index contributed by atoms with van der Waals surface area (Å²) in [6.45, 7) is 0.909. The minimum atomic E-state index is -0.404. The molecular formula is C11H18N2O3. The Bertz CT molecular complexity index is 306. The van der Waals surface area contributed by atoms with Gasteiger partial charge in [-0.05, 0) is 18.8 Å². The van der Waals surface area contributed by atoms with Crippen molar-refractivity contribution in [3.63, 3.8) is 0 Å². The molecule has 0 aromatic rings. The molecule has 5 nitrogen and oxygen atoms in total. The monoisotopic (exact) mass is 226 g/mol. The van der Waals surface area contributed by atoms with Crippen LogP contribution < -0.4 is 5.32 Å². The Morgan fingerprint density at radius 3 is 3.00 bits per heavy atom. The second-order valence-electron chi connectivity index (χ2n) is 5.18. The first-order valence-corrected chi connectivity index (χ1v) is 5.93. The van der Waals surface area contributed by atoms with Gasteiger partial charge >= 0.3 is 0 Å². The molecule has 0 spiro atoms. The molecule has 1 amide bonds. The number of amides is 1. The fraction of sp³-hybridized carbons (Fsp3) is 0.909. The van der Waals surface area contributed by atoms with Gasteiger partial charge in [0.1, 0.15) is 6.61 Å². The summed E-state index contributed by atoms with van der Waals surface area (Å²) in [5, 5.41) is 13.6. The number of nitrogens with one attached hydrogen (secondary N) is 1. The number of aliphatic hydroxyl groups is 1. The minimum absolute atomic E-state index is 0.00519. The fourth-order valence-electron chi connectivity index (χ4n) is 3.60. The van der Waals surface area contributed by atoms with Crippen LogP contribution in [0.4, 0.5) is 0 Å². The van der Waals surface area contributed by atoms with Crippen LogP contribution in [0.1, 0.15) is 12.8 Å². The van der Waals surface area contributed by atoms with Gasteiger partial charge in [0.2, 0.25) is 5.91 Å². The predicted octanol–water partition coefficient (Wildman–Crippen LogP) is -1.05. The quantitative estimate of drug-likeness (QED) is 0.631. The summed E-state index contributed by atoms with van der Waals surface area (Å²) in [7, 11) is 1.53. The number of ether oxygens (including phenoxy) is 1. The highest BCUT2D eigenvalue weighted by Gasteiger charge is 2.54. The van der Waals surface area contributed by atoms with Crippen molar-refractivity contribution in [2.24, 2.45) is 5.92 Å². The number of aliphatic hydroxyl groups excluding tert-OH is 1. The number of piperidine rings is 2. The second-order valence-corrected chi connectivity index (χ2v) is 5.18. The molecule has 3 aliphatic heterocycles. The van der Waals surface area contributed by atoms with Crippen LogP contribution >= 0.6 is 0 Å². The molecule has 3 bridgehead atoms. The van der Waals surface area contributed by atoms with E-state index in [1.54, 1.807) is 0 Å². The largest absolute Gasteiger partial charge is 0.389 e. The first-order valence-electron chi connectivity index (χ1n) is 5.93. The maximum absolute atomic E-state index is 11.9. The number of likely N-dealkylation sites (tertiary alicyclic amines) is 1. The molecule has 0 aliphatic carbocycles. The van der Waals surface area contributed by atoms with Crippen LogP contribution in [0.25, 0.3) is 0 Å². The van der Waals surface area contributed by atoms with Gasteiger partial charge in [0.15, 0.2) is 0 Å². The van der Waals surface area contributed by atoms with Crippen LogP contribution in [-0.2, 0) is 9.53 Å². The zero-order chi connectivity index (χ0) is 11.3. The average Bonchev–Trinajstić information content (AvgIpc) is 2.41. The lowest BCUT2D eigenvalue weighted by molar-refractivity contribution is -0.142. The van der Waals surface area contributed by atoms with Gasteiger partial charge in [0.25, 0.3) is 0 Å². The van der Waals surface area contributed by atoms with Crippen molar-refractivity contribution in [2.45, 2.75) is 37.1 Å². The Hall–Kier alpha value is -0.650. The van der Waals surface area contributed by atoms with Crippen LogP contribution in [0.5, 0.6) is 0 Å². The van der Waals surface area contributed by atoms with Crippen LogP contribution in [0.3, 0.4) is 0 Å². The summed E-state index contributed by atoms with van der Waals surface area (Å²) in [6, 6.07) is 0.439. The van der Waals surface area contributed by atoms with E-state index in [2.05, 4.69) is 5.32 Å². The Labute approximate surface area is 94.8 Å². The summed E-state index contributed by atoms with van der Waals surface area (Å²) >= 11 is 0. The Morgan fingerprint density at radius 2 is 2.25 bits per heavy atom. The van der Waals surface area contributed by atoms with E-state index in [1.165, 1.54) is 7.11 Å². The van der Waals surface area contributed by atoms with Crippen molar-refractivity contribution in [1.82, 2.24) is 10.2 Å². The van der Waals surface area contributed by atoms with Gasteiger partial charge in [0, 0.05) is 25.7 Å². The van der Waals surface area contributed by atoms with Crippen molar-refractivity contribution < 1.29 is 14.6 Å². The summed E-state index contributed by atoms with van der Waals surface area (Å²) in [4.78, 5) is 13.7. The lowest BCUT2D eigenvalue weighted by Gasteiger charge is -2.42. The number of carbonyl (C=O) groups is 1. The molecule has 2 N–H and O–H groups in total. The zero-order valence-corrected chi connectivity index (χ0v) is 9.43. The Kier molecular flexibility index (Phi) is 2.42. The number of hydrogen-bond acceptors (Lipinski definition) is 4. The lowest BCUT2D eigenvalue weighted by atomic mass is 9.88. The third-order valence-electron chi connectivity index (χ3n) is 4.18. The normalized spacial score (nSPS) is 45.1. The smallest absolute Gasteiger partial charge is 0.248 e. The molecule has 0 radical (unpaired) electrons. The van der Waals surface area contributed by atoms with E-state index in [4.69, 9.17) is 4.74 Å². The van der Waals surface area contributed by atoms with Gasteiger partial charge in [-0.2, -0.15) is 0 Å². The molecule has 3 rings (SSSR count). The minimum Gasteiger partial charge on any atom is -0.389 e. The molecule has 16 heavy (non-hydrogen) atoms. The Morgan fingerprint density at radius 1 is 1.50 bits per heavy atom. The first kappa shape index (κ1) is 10.5. The van der Waals surface area contributed by atoms with Crippen molar-refractivity contribution in [1.29, 1.82) is 0 Å². The predicted molar refractivity (Wildman–Crippen MR) is 56.8 cm³/mol. The number of nitrogens with zero attached hydrogens (tertiary/aromatic N) is 1. The SMILES string of the molecule is COCC(=O)N1CC2CC3N[C@@H](C2)[C@H](O)C31.